The van der Waals surface area contributed by atoms with Crippen LogP contribution in [0, 0.1) is 26.6 Å². The average molecular weight is 395 g/mol. The minimum atomic E-state index is -0.371. The lowest BCUT2D eigenvalue weighted by Gasteiger charge is -2.08. The van der Waals surface area contributed by atoms with Gasteiger partial charge in [-0.2, -0.15) is 0 Å². The van der Waals surface area contributed by atoms with Gasteiger partial charge in [-0.05, 0) is 44.0 Å². The molecule has 0 radical (unpaired) electrons. The fraction of sp³-hybridized carbons (Fsp3) is 0.200. The molecule has 0 fully saturated rings. The van der Waals surface area contributed by atoms with Gasteiger partial charge >= 0.3 is 0 Å². The van der Waals surface area contributed by atoms with E-state index in [-0.39, 0.29) is 18.3 Å². The highest BCUT2D eigenvalue weighted by molar-refractivity contribution is 7.20. The van der Waals surface area contributed by atoms with Gasteiger partial charge in [0.25, 0.3) is 5.91 Å². The lowest BCUT2D eigenvalue weighted by atomic mass is 10.1. The Morgan fingerprint density at radius 3 is 2.79 bits per heavy atom. The number of aromatic nitrogens is 4. The summed E-state index contributed by atoms with van der Waals surface area (Å²) >= 11 is 1.35. The third-order valence-electron chi connectivity index (χ3n) is 4.54. The van der Waals surface area contributed by atoms with Crippen LogP contribution >= 0.6 is 11.3 Å². The number of imidazole rings is 1. The number of hydrogen-bond donors (Lipinski definition) is 1. The normalized spacial score (nSPS) is 11.1. The summed E-state index contributed by atoms with van der Waals surface area (Å²) in [5.41, 5.74) is 2.83. The van der Waals surface area contributed by atoms with Crippen molar-refractivity contribution in [2.24, 2.45) is 0 Å². The van der Waals surface area contributed by atoms with E-state index in [1.807, 2.05) is 20.8 Å². The van der Waals surface area contributed by atoms with E-state index in [4.69, 9.17) is 0 Å². The molecular formula is C20H18FN5OS. The molecule has 0 aliphatic rings. The van der Waals surface area contributed by atoms with Crippen molar-refractivity contribution in [1.82, 2.24) is 24.8 Å². The molecule has 3 heterocycles. The van der Waals surface area contributed by atoms with Crippen LogP contribution in [0.3, 0.4) is 0 Å². The average Bonchev–Trinajstić information content (AvgIpc) is 3.28. The molecule has 8 heteroatoms. The first kappa shape index (κ1) is 18.2. The summed E-state index contributed by atoms with van der Waals surface area (Å²) in [6.45, 7) is 5.89. The highest BCUT2D eigenvalue weighted by Gasteiger charge is 2.18. The number of amides is 1. The number of nitrogens with one attached hydrogen (secondary N) is 1. The molecular weight excluding hydrogens is 377 g/mol. The number of fused-ring (bicyclic) bond motifs is 1. The number of benzene rings is 1. The molecule has 0 saturated carbocycles. The second-order valence-electron chi connectivity index (χ2n) is 6.53. The Balaban J connectivity index is 1.53. The van der Waals surface area contributed by atoms with Crippen molar-refractivity contribution in [3.8, 4) is 5.69 Å². The quantitative estimate of drug-likeness (QED) is 0.569. The second-order valence-corrected chi connectivity index (χ2v) is 7.53. The number of carbonyl (C=O) groups is 1. The molecule has 6 nitrogen and oxygen atoms in total. The summed E-state index contributed by atoms with van der Waals surface area (Å²) in [5.74, 6) is 0.118. The van der Waals surface area contributed by atoms with Crippen LogP contribution < -0.4 is 5.32 Å². The number of halogens is 1. The Hall–Kier alpha value is -3.13. The van der Waals surface area contributed by atoms with Crippen molar-refractivity contribution in [2.75, 3.05) is 0 Å². The smallest absolute Gasteiger partial charge is 0.261 e. The van der Waals surface area contributed by atoms with Gasteiger partial charge in [0.2, 0.25) is 0 Å². The van der Waals surface area contributed by atoms with E-state index < -0.39 is 0 Å². The molecule has 1 N–H and O–H groups in total. The monoisotopic (exact) mass is 395 g/mol. The molecule has 1 amide bonds. The number of carbonyl (C=O) groups excluding carboxylic acids is 1. The van der Waals surface area contributed by atoms with Gasteiger partial charge in [0, 0.05) is 30.0 Å². The van der Waals surface area contributed by atoms with E-state index in [1.54, 1.807) is 29.1 Å². The molecule has 4 rings (SSSR count). The fourth-order valence-corrected chi connectivity index (χ4v) is 4.42. The molecule has 0 aliphatic carbocycles. The van der Waals surface area contributed by atoms with Crippen LogP contribution in [0.4, 0.5) is 4.39 Å². The fourth-order valence-electron chi connectivity index (χ4n) is 3.22. The van der Waals surface area contributed by atoms with Gasteiger partial charge in [0.15, 0.2) is 0 Å². The van der Waals surface area contributed by atoms with E-state index in [9.17, 15) is 9.18 Å². The van der Waals surface area contributed by atoms with Crippen molar-refractivity contribution >= 4 is 27.5 Å². The first-order chi connectivity index (χ1) is 13.4. The summed E-state index contributed by atoms with van der Waals surface area (Å²) in [7, 11) is 0. The number of rotatable bonds is 4. The largest absolute Gasteiger partial charge is 0.347 e. The Kier molecular flexibility index (Phi) is 4.64. The van der Waals surface area contributed by atoms with Crippen molar-refractivity contribution < 1.29 is 9.18 Å². The molecule has 0 unspecified atom stereocenters. The van der Waals surface area contributed by atoms with Crippen LogP contribution in [-0.4, -0.2) is 25.4 Å². The summed E-state index contributed by atoms with van der Waals surface area (Å²) < 4.78 is 16.0. The van der Waals surface area contributed by atoms with Crippen LogP contribution in [0.25, 0.3) is 15.9 Å². The number of thiophene rings is 1. The minimum absolute atomic E-state index is 0.198. The van der Waals surface area contributed by atoms with Gasteiger partial charge in [-0.3, -0.25) is 4.79 Å². The van der Waals surface area contributed by atoms with Crippen molar-refractivity contribution in [3.05, 3.63) is 70.3 Å². The lowest BCUT2D eigenvalue weighted by Crippen LogP contribution is -2.22. The van der Waals surface area contributed by atoms with Crippen molar-refractivity contribution in [1.29, 1.82) is 0 Å². The maximum atomic E-state index is 14.4. The molecule has 0 bridgehead atoms. The SMILES string of the molecule is Cc1nc(C)c2c(C)c(C(=O)NCc3ccc(-n4ccnc4)c(F)c3)sc2n1. The first-order valence-corrected chi connectivity index (χ1v) is 9.55. The zero-order valence-electron chi connectivity index (χ0n) is 15.7. The van der Waals surface area contributed by atoms with Crippen LogP contribution in [0.15, 0.2) is 36.9 Å². The van der Waals surface area contributed by atoms with Gasteiger partial charge < -0.3 is 9.88 Å². The number of hydrogen-bond acceptors (Lipinski definition) is 5. The Bertz CT molecular complexity index is 1180. The second kappa shape index (κ2) is 7.12. The van der Waals surface area contributed by atoms with E-state index >= 15 is 0 Å². The molecule has 3 aromatic heterocycles. The molecule has 1 aromatic carbocycles. The zero-order chi connectivity index (χ0) is 19.8. The first-order valence-electron chi connectivity index (χ1n) is 8.73. The zero-order valence-corrected chi connectivity index (χ0v) is 16.5. The van der Waals surface area contributed by atoms with Crippen LogP contribution in [0.2, 0.25) is 0 Å². The van der Waals surface area contributed by atoms with Crippen molar-refractivity contribution in [2.45, 2.75) is 27.3 Å². The van der Waals surface area contributed by atoms with E-state index in [1.165, 1.54) is 23.7 Å². The number of nitrogens with zero attached hydrogens (tertiary/aromatic N) is 4. The Morgan fingerprint density at radius 1 is 1.25 bits per heavy atom. The van der Waals surface area contributed by atoms with E-state index in [2.05, 4.69) is 20.3 Å². The maximum absolute atomic E-state index is 14.4. The van der Waals surface area contributed by atoms with Crippen molar-refractivity contribution in [3.63, 3.8) is 0 Å². The van der Waals surface area contributed by atoms with Gasteiger partial charge in [0.05, 0.1) is 16.9 Å². The van der Waals surface area contributed by atoms with Crippen LogP contribution in [0.5, 0.6) is 0 Å². The maximum Gasteiger partial charge on any atom is 0.261 e. The third-order valence-corrected chi connectivity index (χ3v) is 5.72. The molecule has 4 aromatic rings. The Morgan fingerprint density at radius 2 is 2.07 bits per heavy atom. The Labute approximate surface area is 165 Å². The summed E-state index contributed by atoms with van der Waals surface area (Å²) in [5, 5.41) is 3.80. The molecule has 0 saturated heterocycles. The number of aryl methyl sites for hydroxylation is 3. The summed E-state index contributed by atoms with van der Waals surface area (Å²) in [6, 6.07) is 4.88. The highest BCUT2D eigenvalue weighted by atomic mass is 32.1. The molecule has 142 valence electrons. The van der Waals surface area contributed by atoms with Gasteiger partial charge in [-0.15, -0.1) is 11.3 Å². The molecule has 28 heavy (non-hydrogen) atoms. The van der Waals surface area contributed by atoms with Crippen LogP contribution in [0.1, 0.15) is 32.3 Å². The van der Waals surface area contributed by atoms with Gasteiger partial charge in [-0.1, -0.05) is 6.07 Å². The third kappa shape index (κ3) is 3.27. The highest BCUT2D eigenvalue weighted by Crippen LogP contribution is 2.31. The molecule has 0 spiro atoms. The molecule has 0 aliphatic heterocycles. The van der Waals surface area contributed by atoms with Gasteiger partial charge in [-0.25, -0.2) is 19.3 Å². The molecule has 0 atom stereocenters. The summed E-state index contributed by atoms with van der Waals surface area (Å²) in [4.78, 5) is 26.8. The lowest BCUT2D eigenvalue weighted by molar-refractivity contribution is 0.0954. The predicted octanol–water partition coefficient (Wildman–Crippen LogP) is 3.87. The van der Waals surface area contributed by atoms with Gasteiger partial charge in [0.1, 0.15) is 16.5 Å². The van der Waals surface area contributed by atoms with E-state index in [0.29, 0.717) is 22.0 Å². The summed E-state index contributed by atoms with van der Waals surface area (Å²) in [6.07, 6.45) is 4.81. The van der Waals surface area contributed by atoms with Crippen LogP contribution in [-0.2, 0) is 6.54 Å². The predicted molar refractivity (Wildman–Crippen MR) is 106 cm³/mol. The minimum Gasteiger partial charge on any atom is -0.347 e. The topological polar surface area (TPSA) is 72.7 Å². The van der Waals surface area contributed by atoms with E-state index in [0.717, 1.165) is 21.5 Å². The standard InChI is InChI=1S/C20H18FN5OS/c1-11-17-12(2)24-13(3)25-20(17)28-18(11)19(27)23-9-14-4-5-16(15(21)8-14)26-7-6-22-10-26/h4-8,10H,9H2,1-3H3,(H,23,27).